The van der Waals surface area contributed by atoms with Crippen molar-refractivity contribution in [1.29, 1.82) is 0 Å². The van der Waals surface area contributed by atoms with Gasteiger partial charge in [0.15, 0.2) is 0 Å². The van der Waals surface area contributed by atoms with Crippen LogP contribution in [-0.4, -0.2) is 35.0 Å². The molecule has 2 atom stereocenters. The highest BCUT2D eigenvalue weighted by Gasteiger charge is 2.68. The summed E-state index contributed by atoms with van der Waals surface area (Å²) in [6.45, 7) is 4.44. The van der Waals surface area contributed by atoms with Crippen LogP contribution < -0.4 is 9.21 Å². The molecule has 2 aliphatic heterocycles. The monoisotopic (exact) mass is 720 g/mol. The number of para-hydroxylation sites is 1. The summed E-state index contributed by atoms with van der Waals surface area (Å²) in [6.07, 6.45) is 2.04. The highest BCUT2D eigenvalue weighted by Crippen LogP contribution is 2.66. The predicted molar refractivity (Wildman–Crippen MR) is 202 cm³/mol. The molecule has 3 aliphatic rings. The van der Waals surface area contributed by atoms with E-state index in [1.165, 1.54) is 0 Å². The Balaban J connectivity index is 1.41. The number of nitrogens with zero attached hydrogens (tertiary/aromatic N) is 2. The maximum Gasteiger partial charge on any atom is 0.271 e. The van der Waals surface area contributed by atoms with Gasteiger partial charge in [-0.3, -0.25) is 4.79 Å². The Morgan fingerprint density at radius 1 is 0.780 bits per heavy atom. The van der Waals surface area contributed by atoms with Gasteiger partial charge >= 0.3 is 0 Å². The number of halogens is 2. The lowest BCUT2D eigenvalue weighted by Gasteiger charge is -2.51. The molecule has 2 heterocycles. The Bertz CT molecular complexity index is 2400. The average molecular weight is 722 g/mol. The number of benzene rings is 5. The van der Waals surface area contributed by atoms with Gasteiger partial charge in [-0.2, -0.15) is 0 Å². The second-order valence-corrected chi connectivity index (χ2v) is 16.4. The van der Waals surface area contributed by atoms with Crippen molar-refractivity contribution in [3.8, 4) is 0 Å². The third-order valence-electron chi connectivity index (χ3n) is 10.7. The smallest absolute Gasteiger partial charge is 0.271 e. The van der Waals surface area contributed by atoms with Crippen LogP contribution in [0.4, 0.5) is 11.4 Å². The van der Waals surface area contributed by atoms with E-state index in [1.807, 2.05) is 91.8 Å². The molecule has 1 spiro atoms. The van der Waals surface area contributed by atoms with Crippen LogP contribution >= 0.6 is 23.2 Å². The Morgan fingerprint density at radius 2 is 1.40 bits per heavy atom. The molecule has 0 fully saturated rings. The van der Waals surface area contributed by atoms with Crippen LogP contribution in [0.3, 0.4) is 0 Å². The molecule has 8 rings (SSSR count). The van der Waals surface area contributed by atoms with Crippen molar-refractivity contribution in [2.24, 2.45) is 11.3 Å². The molecule has 0 bridgehead atoms. The third kappa shape index (κ3) is 4.46. The van der Waals surface area contributed by atoms with E-state index in [2.05, 4.69) is 13.8 Å². The molecule has 1 amide bonds. The Labute approximate surface area is 302 Å². The molecular weight excluding hydrogens is 687 g/mol. The van der Waals surface area contributed by atoms with Gasteiger partial charge in [-0.1, -0.05) is 91.6 Å². The summed E-state index contributed by atoms with van der Waals surface area (Å²) in [7, 11) is -0.587. The fraction of sp³-hybridized carbons (Fsp3) is 0.195. The molecule has 0 saturated carbocycles. The minimum Gasteiger partial charge on any atom is -0.492 e. The molecule has 0 unspecified atom stereocenters. The first-order valence-electron chi connectivity index (χ1n) is 16.4. The van der Waals surface area contributed by atoms with Crippen molar-refractivity contribution in [3.63, 3.8) is 0 Å². The van der Waals surface area contributed by atoms with Crippen LogP contribution in [0.5, 0.6) is 0 Å². The average Bonchev–Trinajstić information content (AvgIpc) is 3.65. The second-order valence-electron chi connectivity index (χ2n) is 13.8. The van der Waals surface area contributed by atoms with Gasteiger partial charge in [-0.05, 0) is 82.8 Å². The zero-order valence-electron chi connectivity index (χ0n) is 27.9. The first-order valence-corrected chi connectivity index (χ1v) is 18.6. The molecule has 6 nitrogen and oxygen atoms in total. The summed E-state index contributed by atoms with van der Waals surface area (Å²) in [5, 5.41) is 2.49. The number of carbonyl (C=O) groups is 1. The van der Waals surface area contributed by atoms with Crippen molar-refractivity contribution in [2.45, 2.75) is 24.2 Å². The number of carbonyl (C=O) groups excluding carboxylic acids is 1. The summed E-state index contributed by atoms with van der Waals surface area (Å²) < 4.78 is 37.8. The number of allylic oxidation sites excluding steroid dienone is 1. The van der Waals surface area contributed by atoms with Crippen LogP contribution in [0.15, 0.2) is 126 Å². The number of sulfonamides is 1. The minimum absolute atomic E-state index is 0.0688. The molecule has 0 aromatic heterocycles. The van der Waals surface area contributed by atoms with Gasteiger partial charge in [0.1, 0.15) is 11.2 Å². The molecule has 0 radical (unpaired) electrons. The number of hydrogen-bond donors (Lipinski definition) is 0. The van der Waals surface area contributed by atoms with Crippen LogP contribution in [0.1, 0.15) is 30.5 Å². The van der Waals surface area contributed by atoms with E-state index < -0.39 is 26.8 Å². The van der Waals surface area contributed by atoms with E-state index in [0.29, 0.717) is 38.9 Å². The predicted octanol–water partition coefficient (Wildman–Crippen LogP) is 9.37. The largest absolute Gasteiger partial charge is 0.492 e. The molecular formula is C41H34Cl2N2O4S. The van der Waals surface area contributed by atoms with Crippen LogP contribution in [-0.2, 0) is 25.0 Å². The second kappa shape index (κ2) is 11.5. The van der Waals surface area contributed by atoms with E-state index in [0.717, 1.165) is 37.8 Å². The topological polar surface area (TPSA) is 66.9 Å². The number of ether oxygens (including phenoxy) is 1. The first-order chi connectivity index (χ1) is 23.9. The quantitative estimate of drug-likeness (QED) is 0.181. The molecule has 5 aromatic carbocycles. The summed E-state index contributed by atoms with van der Waals surface area (Å²) in [5.41, 5.74) is 2.85. The van der Waals surface area contributed by atoms with E-state index >= 15 is 13.2 Å². The zero-order valence-corrected chi connectivity index (χ0v) is 30.3. The van der Waals surface area contributed by atoms with Crippen molar-refractivity contribution in [1.82, 2.24) is 0 Å². The molecule has 5 aromatic rings. The fourth-order valence-corrected chi connectivity index (χ4v) is 10.3. The lowest BCUT2D eigenvalue weighted by atomic mass is 9.49. The molecule has 252 valence electrons. The van der Waals surface area contributed by atoms with Crippen molar-refractivity contribution >= 4 is 72.6 Å². The highest BCUT2D eigenvalue weighted by atomic mass is 35.5. The Morgan fingerprint density at radius 3 is 2.08 bits per heavy atom. The standard InChI is InChI=1S/C41H34Cl2N2O4S/c1-40(2)34-24-49-38(26-17-21-28(43)22-18-26)31(34)23-33(25-15-19-27(42)20-16-25)41(40)32-11-5-6-12-36(32)45(39(41)46)50(47,48)37-14-8-9-29-30(37)10-7-13-35(29)44(3)4/h5-23,34H,24H2,1-4H3/t34-,41-/m0/s1. The molecule has 1 aliphatic carbocycles. The Kier molecular flexibility index (Phi) is 7.50. The maximum absolute atomic E-state index is 15.7. The van der Waals surface area contributed by atoms with E-state index in [9.17, 15) is 0 Å². The lowest BCUT2D eigenvalue weighted by molar-refractivity contribution is -0.124. The van der Waals surface area contributed by atoms with Crippen molar-refractivity contribution in [3.05, 3.63) is 148 Å². The van der Waals surface area contributed by atoms with Gasteiger partial charge < -0.3 is 9.64 Å². The van der Waals surface area contributed by atoms with Crippen LogP contribution in [0, 0.1) is 11.3 Å². The molecule has 50 heavy (non-hydrogen) atoms. The number of rotatable bonds is 5. The van der Waals surface area contributed by atoms with E-state index in [1.54, 1.807) is 42.5 Å². The molecule has 9 heteroatoms. The third-order valence-corrected chi connectivity index (χ3v) is 13.0. The maximum atomic E-state index is 15.7. The Hall–Kier alpha value is -4.56. The van der Waals surface area contributed by atoms with Crippen molar-refractivity contribution in [2.75, 3.05) is 29.9 Å². The number of fused-ring (bicyclic) bond motifs is 4. The van der Waals surface area contributed by atoms with Crippen LogP contribution in [0.25, 0.3) is 22.1 Å². The fourth-order valence-electron chi connectivity index (χ4n) is 8.36. The van der Waals surface area contributed by atoms with E-state index in [4.69, 9.17) is 27.9 Å². The highest BCUT2D eigenvalue weighted by molar-refractivity contribution is 7.93. The summed E-state index contributed by atoms with van der Waals surface area (Å²) >= 11 is 12.6. The lowest BCUT2D eigenvalue weighted by Crippen LogP contribution is -2.57. The van der Waals surface area contributed by atoms with Gasteiger partial charge in [0.2, 0.25) is 0 Å². The summed E-state index contributed by atoms with van der Waals surface area (Å²) in [6, 6.07) is 33.0. The van der Waals surface area contributed by atoms with Gasteiger partial charge in [-0.25, -0.2) is 12.7 Å². The number of anilines is 2. The van der Waals surface area contributed by atoms with Gasteiger partial charge in [0, 0.05) is 57.7 Å². The SMILES string of the molecule is CN(C)c1cccc2c(S(=O)(=O)N3C(=O)[C@@]4(C(c5ccc(Cl)cc5)=CC5=C(c6ccc(Cl)cc6)OC[C@@H]5C4(C)C)c4ccccc43)cccc12. The van der Waals surface area contributed by atoms with Gasteiger partial charge in [0.05, 0.1) is 17.2 Å². The van der Waals surface area contributed by atoms with Crippen molar-refractivity contribution < 1.29 is 17.9 Å². The van der Waals surface area contributed by atoms with Gasteiger partial charge in [-0.15, -0.1) is 0 Å². The minimum atomic E-state index is -4.43. The van der Waals surface area contributed by atoms with Gasteiger partial charge in [0.25, 0.3) is 15.9 Å². The zero-order chi connectivity index (χ0) is 35.2. The number of amides is 1. The molecule has 0 N–H and O–H groups in total. The normalized spacial score (nSPS) is 20.9. The van der Waals surface area contributed by atoms with Crippen LogP contribution in [0.2, 0.25) is 10.0 Å². The summed E-state index contributed by atoms with van der Waals surface area (Å²) in [4.78, 5) is 17.7. The number of hydrogen-bond acceptors (Lipinski definition) is 5. The first kappa shape index (κ1) is 32.6. The van der Waals surface area contributed by atoms with E-state index in [-0.39, 0.29) is 10.8 Å². The molecule has 0 saturated heterocycles. The summed E-state index contributed by atoms with van der Waals surface area (Å²) in [5.74, 6) is -0.0505.